The number of halogens is 1. The van der Waals surface area contributed by atoms with Crippen LogP contribution in [0.3, 0.4) is 0 Å². The van der Waals surface area contributed by atoms with Crippen molar-refractivity contribution in [2.75, 3.05) is 31.4 Å². The normalized spacial score (nSPS) is 10.1. The summed E-state index contributed by atoms with van der Waals surface area (Å²) in [5, 5.41) is 6.56. The fourth-order valence-electron chi connectivity index (χ4n) is 2.09. The predicted molar refractivity (Wildman–Crippen MR) is 92.9 cm³/mol. The minimum Gasteiger partial charge on any atom is -0.497 e. The molecule has 0 aromatic heterocycles. The van der Waals surface area contributed by atoms with Crippen LogP contribution >= 0.6 is 11.6 Å². The Hall–Kier alpha value is -2.40. The number of anilines is 2. The summed E-state index contributed by atoms with van der Waals surface area (Å²) in [4.78, 5) is 12.1. The molecule has 2 N–H and O–H groups in total. The number of hydrogen-bond acceptors (Lipinski definition) is 4. The molecule has 0 fully saturated rings. The lowest BCUT2D eigenvalue weighted by atomic mass is 10.2. The number of carbonyl (C=O) groups excluding carboxylic acids is 1. The molecule has 0 saturated carbocycles. The van der Waals surface area contributed by atoms with Crippen LogP contribution in [0.15, 0.2) is 36.4 Å². The number of carbonyl (C=O) groups is 1. The molecule has 6 heteroatoms. The molecule has 2 aromatic carbocycles. The van der Waals surface area contributed by atoms with Gasteiger partial charge in [0.25, 0.3) is 0 Å². The fourth-order valence-corrected chi connectivity index (χ4v) is 2.31. The minimum atomic E-state index is -0.172. The van der Waals surface area contributed by atoms with Crippen molar-refractivity contribution in [2.24, 2.45) is 0 Å². The van der Waals surface area contributed by atoms with E-state index in [2.05, 4.69) is 10.6 Å². The van der Waals surface area contributed by atoms with Crippen LogP contribution in [0.2, 0.25) is 5.02 Å². The minimum absolute atomic E-state index is 0.141. The number of methoxy groups -OCH3 is 2. The zero-order chi connectivity index (χ0) is 16.8. The van der Waals surface area contributed by atoms with E-state index in [1.165, 1.54) is 0 Å². The van der Waals surface area contributed by atoms with Crippen LogP contribution in [0, 0.1) is 6.92 Å². The summed E-state index contributed by atoms with van der Waals surface area (Å²) < 4.78 is 10.4. The molecule has 0 bridgehead atoms. The Morgan fingerprint density at radius 1 is 1.09 bits per heavy atom. The first kappa shape index (κ1) is 17.0. The van der Waals surface area contributed by atoms with Gasteiger partial charge in [0.1, 0.15) is 11.5 Å². The summed E-state index contributed by atoms with van der Waals surface area (Å²) in [7, 11) is 3.12. The summed E-state index contributed by atoms with van der Waals surface area (Å²) in [5.74, 6) is 1.05. The van der Waals surface area contributed by atoms with Crippen LogP contribution in [0.4, 0.5) is 11.4 Å². The highest BCUT2D eigenvalue weighted by atomic mass is 35.5. The van der Waals surface area contributed by atoms with Gasteiger partial charge in [0, 0.05) is 34.6 Å². The number of amides is 1. The Kier molecular flexibility index (Phi) is 5.71. The van der Waals surface area contributed by atoms with Crippen molar-refractivity contribution in [1.82, 2.24) is 0 Å². The quantitative estimate of drug-likeness (QED) is 0.845. The van der Waals surface area contributed by atoms with E-state index in [1.54, 1.807) is 38.5 Å². The van der Waals surface area contributed by atoms with E-state index < -0.39 is 0 Å². The third kappa shape index (κ3) is 4.79. The summed E-state index contributed by atoms with van der Waals surface area (Å²) in [6.45, 7) is 2.07. The maximum atomic E-state index is 12.1. The lowest BCUT2D eigenvalue weighted by molar-refractivity contribution is -0.114. The van der Waals surface area contributed by atoms with E-state index >= 15 is 0 Å². The van der Waals surface area contributed by atoms with Crippen LogP contribution in [0.25, 0.3) is 0 Å². The van der Waals surface area contributed by atoms with Crippen molar-refractivity contribution in [3.63, 3.8) is 0 Å². The number of nitrogens with one attached hydrogen (secondary N) is 2. The zero-order valence-electron chi connectivity index (χ0n) is 13.3. The Bertz CT molecular complexity index is 682. The van der Waals surface area contributed by atoms with Gasteiger partial charge in [0.05, 0.1) is 20.8 Å². The topological polar surface area (TPSA) is 59.6 Å². The summed E-state index contributed by atoms with van der Waals surface area (Å²) in [6.07, 6.45) is 0. The van der Waals surface area contributed by atoms with Crippen LogP contribution in [-0.4, -0.2) is 26.7 Å². The lowest BCUT2D eigenvalue weighted by Gasteiger charge is -2.12. The predicted octanol–water partition coefficient (Wildman–Crippen LogP) is 3.72. The van der Waals surface area contributed by atoms with Crippen molar-refractivity contribution in [3.05, 3.63) is 47.0 Å². The van der Waals surface area contributed by atoms with Gasteiger partial charge >= 0.3 is 0 Å². The van der Waals surface area contributed by atoms with Crippen LogP contribution in [-0.2, 0) is 4.79 Å². The Morgan fingerprint density at radius 2 is 1.74 bits per heavy atom. The fraction of sp³-hybridized carbons (Fsp3) is 0.235. The molecule has 0 aliphatic rings. The van der Waals surface area contributed by atoms with Gasteiger partial charge in [0.15, 0.2) is 0 Å². The zero-order valence-corrected chi connectivity index (χ0v) is 14.0. The SMILES string of the molecule is COc1cc(NC(=O)CNc2ccc(Cl)cc2C)cc(OC)c1. The summed E-state index contributed by atoms with van der Waals surface area (Å²) in [6, 6.07) is 10.7. The monoisotopic (exact) mass is 334 g/mol. The standard InChI is InChI=1S/C17H19ClN2O3/c1-11-6-12(18)4-5-16(11)19-10-17(21)20-13-7-14(22-2)9-15(8-13)23-3/h4-9,19H,10H2,1-3H3,(H,20,21). The highest BCUT2D eigenvalue weighted by Gasteiger charge is 2.07. The van der Waals surface area contributed by atoms with E-state index in [-0.39, 0.29) is 12.5 Å². The maximum Gasteiger partial charge on any atom is 0.243 e. The van der Waals surface area contributed by atoms with Crippen molar-refractivity contribution in [2.45, 2.75) is 6.92 Å². The molecule has 0 spiro atoms. The Balaban J connectivity index is 1.99. The Labute approximate surface area is 140 Å². The average Bonchev–Trinajstić information content (AvgIpc) is 2.53. The van der Waals surface area contributed by atoms with Gasteiger partial charge in [-0.25, -0.2) is 0 Å². The van der Waals surface area contributed by atoms with Gasteiger partial charge in [-0.15, -0.1) is 0 Å². The molecule has 2 rings (SSSR count). The van der Waals surface area contributed by atoms with E-state index in [9.17, 15) is 4.79 Å². The molecule has 0 saturated heterocycles. The first-order chi connectivity index (χ1) is 11.0. The second-order valence-corrected chi connectivity index (χ2v) is 5.40. The number of benzene rings is 2. The largest absolute Gasteiger partial charge is 0.497 e. The van der Waals surface area contributed by atoms with E-state index in [0.29, 0.717) is 22.2 Å². The van der Waals surface area contributed by atoms with Gasteiger partial charge in [-0.1, -0.05) is 11.6 Å². The second-order valence-electron chi connectivity index (χ2n) is 4.96. The van der Waals surface area contributed by atoms with Gasteiger partial charge in [-0.2, -0.15) is 0 Å². The number of ether oxygens (including phenoxy) is 2. The van der Waals surface area contributed by atoms with Gasteiger partial charge < -0.3 is 20.1 Å². The molecule has 0 radical (unpaired) electrons. The van der Waals surface area contributed by atoms with Crippen molar-refractivity contribution < 1.29 is 14.3 Å². The number of aryl methyl sites for hydroxylation is 1. The first-order valence-corrected chi connectivity index (χ1v) is 7.42. The van der Waals surface area contributed by atoms with Crippen LogP contribution in [0.1, 0.15) is 5.56 Å². The molecule has 122 valence electrons. The number of hydrogen-bond donors (Lipinski definition) is 2. The van der Waals surface area contributed by atoms with E-state index in [0.717, 1.165) is 11.3 Å². The average molecular weight is 335 g/mol. The number of rotatable bonds is 6. The summed E-state index contributed by atoms with van der Waals surface area (Å²) in [5.41, 5.74) is 2.46. The molecule has 0 heterocycles. The van der Waals surface area contributed by atoms with Gasteiger partial charge in [0.2, 0.25) is 5.91 Å². The molecule has 5 nitrogen and oxygen atoms in total. The molecule has 0 aliphatic carbocycles. The molecule has 23 heavy (non-hydrogen) atoms. The van der Waals surface area contributed by atoms with Crippen molar-refractivity contribution in [1.29, 1.82) is 0 Å². The van der Waals surface area contributed by atoms with Crippen LogP contribution < -0.4 is 20.1 Å². The van der Waals surface area contributed by atoms with Crippen molar-refractivity contribution in [3.8, 4) is 11.5 Å². The van der Waals surface area contributed by atoms with Crippen molar-refractivity contribution >= 4 is 28.9 Å². The second kappa shape index (κ2) is 7.74. The highest BCUT2D eigenvalue weighted by molar-refractivity contribution is 6.30. The maximum absolute atomic E-state index is 12.1. The molecule has 1 amide bonds. The van der Waals surface area contributed by atoms with E-state index in [4.69, 9.17) is 21.1 Å². The van der Waals surface area contributed by atoms with Crippen LogP contribution in [0.5, 0.6) is 11.5 Å². The van der Waals surface area contributed by atoms with Gasteiger partial charge in [-0.05, 0) is 30.7 Å². The molecule has 2 aromatic rings. The molecule has 0 unspecified atom stereocenters. The first-order valence-electron chi connectivity index (χ1n) is 7.05. The lowest BCUT2D eigenvalue weighted by Crippen LogP contribution is -2.22. The molecular weight excluding hydrogens is 316 g/mol. The Morgan fingerprint density at radius 3 is 2.30 bits per heavy atom. The smallest absolute Gasteiger partial charge is 0.243 e. The molecule has 0 aliphatic heterocycles. The van der Waals surface area contributed by atoms with Gasteiger partial charge in [-0.3, -0.25) is 4.79 Å². The third-order valence-corrected chi connectivity index (χ3v) is 3.50. The van der Waals surface area contributed by atoms with E-state index in [1.807, 2.05) is 19.1 Å². The third-order valence-electron chi connectivity index (χ3n) is 3.26. The summed E-state index contributed by atoms with van der Waals surface area (Å²) >= 11 is 5.91. The molecular formula is C17H19ClN2O3. The molecule has 0 atom stereocenters. The highest BCUT2D eigenvalue weighted by Crippen LogP contribution is 2.25.